The molecule has 31 heavy (non-hydrogen) atoms. The number of halogens is 2. The first-order chi connectivity index (χ1) is 14.2. The average molecular weight is 467 g/mol. The summed E-state index contributed by atoms with van der Waals surface area (Å²) in [6, 6.07) is 13.6. The number of carboxylic acid groups (broad SMARTS) is 1. The van der Waals surface area contributed by atoms with E-state index in [2.05, 4.69) is 10.2 Å². The predicted octanol–water partition coefficient (Wildman–Crippen LogP) is 4.57. The fourth-order valence-corrected chi connectivity index (χ4v) is 3.76. The highest BCUT2D eigenvalue weighted by molar-refractivity contribution is 6.30. The maximum absolute atomic E-state index is 13.0. The van der Waals surface area contributed by atoms with Gasteiger partial charge < -0.3 is 15.2 Å². The maximum Gasteiger partial charge on any atom is 0.335 e. The standard InChI is InChI=1S/C23H27ClN2O4.ClH/c1-15(16-7-9-17(10-8-16)21(27)28)25-22(29)23(2,3)26-12-11-20(14-26)30-19-6-4-5-18(24)13-19;/h4-10,13,15,20H,11-12,14H2,1-3H3,(H,25,29)(H,27,28);1H/t15-,20+;/m0./s1. The largest absolute Gasteiger partial charge is 0.489 e. The quantitative estimate of drug-likeness (QED) is 0.624. The Kier molecular flexibility index (Phi) is 8.34. The van der Waals surface area contributed by atoms with Gasteiger partial charge in [0.15, 0.2) is 0 Å². The van der Waals surface area contributed by atoms with Crippen LogP contribution in [0.15, 0.2) is 48.5 Å². The van der Waals surface area contributed by atoms with Crippen LogP contribution in [0.25, 0.3) is 0 Å². The summed E-state index contributed by atoms with van der Waals surface area (Å²) in [7, 11) is 0. The molecule has 1 heterocycles. The number of carbonyl (C=O) groups excluding carboxylic acids is 1. The molecule has 168 valence electrons. The van der Waals surface area contributed by atoms with Crippen LogP contribution < -0.4 is 10.1 Å². The smallest absolute Gasteiger partial charge is 0.335 e. The van der Waals surface area contributed by atoms with Crippen molar-refractivity contribution >= 4 is 35.9 Å². The molecule has 1 amide bonds. The fraction of sp³-hybridized carbons (Fsp3) is 0.391. The summed E-state index contributed by atoms with van der Waals surface area (Å²) < 4.78 is 6.04. The topological polar surface area (TPSA) is 78.9 Å². The summed E-state index contributed by atoms with van der Waals surface area (Å²) in [5.41, 5.74) is 0.370. The van der Waals surface area contributed by atoms with E-state index in [0.717, 1.165) is 24.3 Å². The number of nitrogens with one attached hydrogen (secondary N) is 1. The molecule has 2 aromatic carbocycles. The minimum Gasteiger partial charge on any atom is -0.489 e. The second-order valence-corrected chi connectivity index (χ2v) is 8.55. The molecule has 0 unspecified atom stereocenters. The Hall–Kier alpha value is -2.28. The van der Waals surface area contributed by atoms with Crippen LogP contribution >= 0.6 is 24.0 Å². The number of nitrogens with zero attached hydrogens (tertiary/aromatic N) is 1. The van der Waals surface area contributed by atoms with E-state index in [1.807, 2.05) is 32.9 Å². The van der Waals surface area contributed by atoms with Crippen LogP contribution in [0.1, 0.15) is 49.2 Å². The lowest BCUT2D eigenvalue weighted by Gasteiger charge is -2.35. The van der Waals surface area contributed by atoms with Crippen LogP contribution in [-0.2, 0) is 4.79 Å². The van der Waals surface area contributed by atoms with Gasteiger partial charge in [-0.05, 0) is 63.1 Å². The number of ether oxygens (including phenoxy) is 1. The summed E-state index contributed by atoms with van der Waals surface area (Å²) in [6.45, 7) is 7.11. The third-order valence-electron chi connectivity index (χ3n) is 5.60. The molecule has 1 fully saturated rings. The van der Waals surface area contributed by atoms with E-state index < -0.39 is 11.5 Å². The monoisotopic (exact) mass is 466 g/mol. The van der Waals surface area contributed by atoms with Crippen molar-refractivity contribution in [3.63, 3.8) is 0 Å². The highest BCUT2D eigenvalue weighted by Crippen LogP contribution is 2.27. The van der Waals surface area contributed by atoms with Crippen LogP contribution in [0.3, 0.4) is 0 Å². The van der Waals surface area contributed by atoms with Crippen molar-refractivity contribution in [2.45, 2.75) is 44.9 Å². The molecular formula is C23H28Cl2N2O4. The molecule has 0 spiro atoms. The van der Waals surface area contributed by atoms with Gasteiger partial charge in [0.1, 0.15) is 11.9 Å². The lowest BCUT2D eigenvalue weighted by molar-refractivity contribution is -0.132. The molecule has 0 radical (unpaired) electrons. The van der Waals surface area contributed by atoms with E-state index in [0.29, 0.717) is 11.6 Å². The molecule has 3 rings (SSSR count). The number of likely N-dealkylation sites (tertiary alicyclic amines) is 1. The van der Waals surface area contributed by atoms with E-state index >= 15 is 0 Å². The van der Waals surface area contributed by atoms with Crippen LogP contribution in [-0.4, -0.2) is 46.6 Å². The Morgan fingerprint density at radius 3 is 2.52 bits per heavy atom. The molecule has 2 N–H and O–H groups in total. The molecule has 0 bridgehead atoms. The van der Waals surface area contributed by atoms with Gasteiger partial charge in [0, 0.05) is 18.1 Å². The van der Waals surface area contributed by atoms with Crippen molar-refractivity contribution in [1.29, 1.82) is 0 Å². The zero-order chi connectivity index (χ0) is 21.9. The number of benzene rings is 2. The van der Waals surface area contributed by atoms with Crippen molar-refractivity contribution in [2.24, 2.45) is 0 Å². The van der Waals surface area contributed by atoms with Gasteiger partial charge in [-0.25, -0.2) is 4.79 Å². The fourth-order valence-electron chi connectivity index (χ4n) is 3.58. The van der Waals surface area contributed by atoms with E-state index in [4.69, 9.17) is 21.4 Å². The van der Waals surface area contributed by atoms with Gasteiger partial charge in [-0.2, -0.15) is 0 Å². The Balaban J connectivity index is 0.00000341. The lowest BCUT2D eigenvalue weighted by atomic mass is 10.00. The number of aromatic carboxylic acids is 1. The summed E-state index contributed by atoms with van der Waals surface area (Å²) in [5.74, 6) is -0.321. The van der Waals surface area contributed by atoms with Crippen molar-refractivity contribution in [3.8, 4) is 5.75 Å². The van der Waals surface area contributed by atoms with E-state index in [1.54, 1.807) is 36.4 Å². The maximum atomic E-state index is 13.0. The molecule has 6 nitrogen and oxygen atoms in total. The molecular weight excluding hydrogens is 439 g/mol. The van der Waals surface area contributed by atoms with Crippen molar-refractivity contribution in [3.05, 3.63) is 64.7 Å². The van der Waals surface area contributed by atoms with Gasteiger partial charge in [0.2, 0.25) is 5.91 Å². The summed E-state index contributed by atoms with van der Waals surface area (Å²) in [5, 5.41) is 12.7. The molecule has 1 saturated heterocycles. The second-order valence-electron chi connectivity index (χ2n) is 8.11. The first-order valence-corrected chi connectivity index (χ1v) is 10.4. The summed E-state index contributed by atoms with van der Waals surface area (Å²) >= 11 is 6.02. The zero-order valence-corrected chi connectivity index (χ0v) is 19.4. The van der Waals surface area contributed by atoms with Gasteiger partial charge in [-0.3, -0.25) is 9.69 Å². The number of amides is 1. The molecule has 1 aliphatic heterocycles. The predicted molar refractivity (Wildman–Crippen MR) is 123 cm³/mol. The third kappa shape index (κ3) is 6.12. The SMILES string of the molecule is C[C@H](NC(=O)C(C)(C)N1CC[C@@H](Oc2cccc(Cl)c2)C1)c1ccc(C(=O)O)cc1.Cl. The van der Waals surface area contributed by atoms with Gasteiger partial charge in [0.05, 0.1) is 17.1 Å². The summed E-state index contributed by atoms with van der Waals surface area (Å²) in [4.78, 5) is 26.1. The van der Waals surface area contributed by atoms with Crippen LogP contribution in [0, 0.1) is 0 Å². The Morgan fingerprint density at radius 2 is 1.90 bits per heavy atom. The average Bonchev–Trinajstić information content (AvgIpc) is 3.17. The van der Waals surface area contributed by atoms with Crippen LogP contribution in [0.5, 0.6) is 5.75 Å². The van der Waals surface area contributed by atoms with E-state index in [9.17, 15) is 9.59 Å². The van der Waals surface area contributed by atoms with Crippen LogP contribution in [0.4, 0.5) is 0 Å². The van der Waals surface area contributed by atoms with Crippen LogP contribution in [0.2, 0.25) is 5.02 Å². The number of hydrogen-bond donors (Lipinski definition) is 2. The lowest BCUT2D eigenvalue weighted by Crippen LogP contribution is -2.54. The highest BCUT2D eigenvalue weighted by Gasteiger charge is 2.40. The van der Waals surface area contributed by atoms with E-state index in [1.165, 1.54) is 0 Å². The molecule has 8 heteroatoms. The van der Waals surface area contributed by atoms with Gasteiger partial charge >= 0.3 is 5.97 Å². The first-order valence-electron chi connectivity index (χ1n) is 9.98. The number of hydrogen-bond acceptors (Lipinski definition) is 4. The third-order valence-corrected chi connectivity index (χ3v) is 5.83. The normalized spacial score (nSPS) is 17.5. The minimum atomic E-state index is -0.969. The highest BCUT2D eigenvalue weighted by atomic mass is 35.5. The van der Waals surface area contributed by atoms with Gasteiger partial charge in [-0.15, -0.1) is 12.4 Å². The van der Waals surface area contributed by atoms with Gasteiger partial charge in [0.25, 0.3) is 0 Å². The molecule has 2 aromatic rings. The van der Waals surface area contributed by atoms with Crippen molar-refractivity contribution < 1.29 is 19.4 Å². The Bertz CT molecular complexity index is 918. The first kappa shape index (κ1) is 25.0. The summed E-state index contributed by atoms with van der Waals surface area (Å²) in [6.07, 6.45) is 0.826. The number of carbonyl (C=O) groups is 2. The zero-order valence-electron chi connectivity index (χ0n) is 17.8. The minimum absolute atomic E-state index is 0. The van der Waals surface area contributed by atoms with E-state index in [-0.39, 0.29) is 36.0 Å². The van der Waals surface area contributed by atoms with Gasteiger partial charge in [-0.1, -0.05) is 29.8 Å². The molecule has 2 atom stereocenters. The van der Waals surface area contributed by atoms with Crippen molar-refractivity contribution in [2.75, 3.05) is 13.1 Å². The number of carboxylic acids is 1. The molecule has 0 aliphatic carbocycles. The molecule has 1 aliphatic rings. The van der Waals surface area contributed by atoms with Crippen molar-refractivity contribution in [1.82, 2.24) is 10.2 Å². The molecule has 0 saturated carbocycles. The molecule has 0 aromatic heterocycles. The Labute approximate surface area is 193 Å². The Morgan fingerprint density at radius 1 is 1.23 bits per heavy atom. The second kappa shape index (κ2) is 10.4. The number of rotatable bonds is 7.